The van der Waals surface area contributed by atoms with Crippen LogP contribution >= 0.6 is 0 Å². The van der Waals surface area contributed by atoms with Crippen LogP contribution in [0.15, 0.2) is 41.8 Å². The number of benzene rings is 1. The lowest BCUT2D eigenvalue weighted by molar-refractivity contribution is -0.142. The van der Waals surface area contributed by atoms with Crippen LogP contribution < -0.4 is 33.2 Å². The molecule has 0 aliphatic rings. The number of nitrogens with zero attached hydrogens (tertiary/aromatic N) is 2. The molecule has 0 fully saturated rings. The number of hydrogen-bond donors (Lipinski definition) is 10. The number of rotatable bonds is 16. The van der Waals surface area contributed by atoms with Gasteiger partial charge in [-0.2, -0.15) is 0 Å². The maximum atomic E-state index is 13.1. The number of nitrogens with two attached hydrogens (primary N) is 3. The average molecular weight is 562 g/mol. The highest BCUT2D eigenvalue weighted by Crippen LogP contribution is 2.11. The monoisotopic (exact) mass is 561 g/mol. The number of aromatic amines is 1. The normalized spacial score (nSPS) is 13.8. The Balaban J connectivity index is 2.06. The van der Waals surface area contributed by atoms with Gasteiger partial charge in [0.2, 0.25) is 17.7 Å². The van der Waals surface area contributed by atoms with Gasteiger partial charge in [-0.15, -0.1) is 0 Å². The lowest BCUT2D eigenvalue weighted by atomic mass is 10.0. The fourth-order valence-electron chi connectivity index (χ4n) is 3.58. The van der Waals surface area contributed by atoms with E-state index in [2.05, 4.69) is 30.9 Å². The van der Waals surface area contributed by atoms with Gasteiger partial charge < -0.3 is 53.5 Å². The molecule has 218 valence electrons. The van der Waals surface area contributed by atoms with Crippen LogP contribution in [0, 0.1) is 0 Å². The fraction of sp³-hybridized carbons (Fsp3) is 0.417. The third kappa shape index (κ3) is 10.6. The van der Waals surface area contributed by atoms with Crippen molar-refractivity contribution in [1.29, 1.82) is 0 Å². The summed E-state index contributed by atoms with van der Waals surface area (Å²) >= 11 is 0. The van der Waals surface area contributed by atoms with E-state index in [4.69, 9.17) is 17.2 Å². The number of aliphatic hydroxyl groups is 1. The zero-order valence-corrected chi connectivity index (χ0v) is 21.6. The predicted molar refractivity (Wildman–Crippen MR) is 143 cm³/mol. The Morgan fingerprint density at radius 2 is 1.57 bits per heavy atom. The number of H-pyrrole nitrogens is 1. The van der Waals surface area contributed by atoms with Crippen LogP contribution in [0.2, 0.25) is 0 Å². The summed E-state index contributed by atoms with van der Waals surface area (Å²) in [4.78, 5) is 60.7. The highest BCUT2D eigenvalue weighted by Gasteiger charge is 2.30. The molecule has 1 heterocycles. The number of carbonyl (C=O) groups is 4. The maximum absolute atomic E-state index is 13.1. The van der Waals surface area contributed by atoms with Crippen LogP contribution in [0.4, 0.5) is 0 Å². The van der Waals surface area contributed by atoms with Gasteiger partial charge in [-0.1, -0.05) is 12.1 Å². The van der Waals surface area contributed by atoms with Gasteiger partial charge in [0.25, 0.3) is 0 Å². The predicted octanol–water partition coefficient (Wildman–Crippen LogP) is -3.19. The number of carbonyl (C=O) groups excluding carboxylic acids is 3. The summed E-state index contributed by atoms with van der Waals surface area (Å²) in [7, 11) is 0. The van der Waals surface area contributed by atoms with Crippen LogP contribution in [0.1, 0.15) is 24.1 Å². The molecule has 1 aromatic heterocycles. The Labute approximate surface area is 229 Å². The van der Waals surface area contributed by atoms with Gasteiger partial charge in [0.05, 0.1) is 19.0 Å². The second-order valence-electron chi connectivity index (χ2n) is 8.91. The van der Waals surface area contributed by atoms with E-state index in [1.54, 1.807) is 12.1 Å². The van der Waals surface area contributed by atoms with E-state index in [0.717, 1.165) is 0 Å². The van der Waals surface area contributed by atoms with E-state index in [-0.39, 0.29) is 43.9 Å². The molecule has 2 rings (SSSR count). The van der Waals surface area contributed by atoms with Crippen molar-refractivity contribution in [2.75, 3.05) is 13.2 Å². The van der Waals surface area contributed by atoms with Crippen LogP contribution in [-0.4, -0.2) is 92.3 Å². The number of carboxylic acids is 1. The Hall–Kier alpha value is -4.70. The molecule has 0 aliphatic heterocycles. The number of phenolic OH excluding ortho intramolecular Hbond substituents is 1. The van der Waals surface area contributed by atoms with Crippen LogP contribution in [0.5, 0.6) is 5.75 Å². The van der Waals surface area contributed by atoms with Crippen molar-refractivity contribution in [3.8, 4) is 5.75 Å². The molecular formula is C24H35N9O7. The van der Waals surface area contributed by atoms with E-state index in [0.29, 0.717) is 11.3 Å². The zero-order valence-electron chi connectivity index (χ0n) is 21.6. The number of aromatic nitrogens is 2. The summed E-state index contributed by atoms with van der Waals surface area (Å²) in [6.45, 7) is -0.699. The number of imidazole rings is 1. The van der Waals surface area contributed by atoms with Crippen molar-refractivity contribution in [2.24, 2.45) is 22.2 Å². The molecule has 16 heteroatoms. The number of guanidine groups is 1. The first-order valence-electron chi connectivity index (χ1n) is 12.3. The van der Waals surface area contributed by atoms with Gasteiger partial charge in [0, 0.05) is 24.9 Å². The van der Waals surface area contributed by atoms with Crippen LogP contribution in [0.3, 0.4) is 0 Å². The van der Waals surface area contributed by atoms with Gasteiger partial charge in [0.1, 0.15) is 23.9 Å². The minimum absolute atomic E-state index is 0.0125. The molecule has 3 amide bonds. The van der Waals surface area contributed by atoms with E-state index in [1.165, 1.54) is 24.7 Å². The molecule has 2 aromatic rings. The number of phenols is 1. The molecule has 16 nitrogen and oxygen atoms in total. The second kappa shape index (κ2) is 15.6. The summed E-state index contributed by atoms with van der Waals surface area (Å²) in [5, 5.41) is 35.8. The molecule has 0 saturated carbocycles. The van der Waals surface area contributed by atoms with Crippen LogP contribution in [0.25, 0.3) is 0 Å². The van der Waals surface area contributed by atoms with Gasteiger partial charge in [-0.3, -0.25) is 19.4 Å². The number of aliphatic carboxylic acids is 1. The van der Waals surface area contributed by atoms with E-state index in [9.17, 15) is 34.5 Å². The molecule has 13 N–H and O–H groups in total. The van der Waals surface area contributed by atoms with E-state index >= 15 is 0 Å². The SMILES string of the molecule is NC(N)=NCCCC(NC(=O)C(CO)NC(=O)C(Cc1cnc[nH]1)NC(=O)C(N)Cc1ccc(O)cc1)C(=O)O. The zero-order chi connectivity index (χ0) is 29.7. The first-order valence-corrected chi connectivity index (χ1v) is 12.3. The fourth-order valence-corrected chi connectivity index (χ4v) is 3.58. The summed E-state index contributed by atoms with van der Waals surface area (Å²) in [5.74, 6) is -3.86. The number of hydrogen-bond acceptors (Lipinski definition) is 9. The second-order valence-corrected chi connectivity index (χ2v) is 8.91. The molecule has 1 aromatic carbocycles. The largest absolute Gasteiger partial charge is 0.508 e. The molecular weight excluding hydrogens is 526 g/mol. The number of carboxylic acid groups (broad SMARTS) is 1. The third-order valence-corrected chi connectivity index (χ3v) is 5.72. The molecule has 0 radical (unpaired) electrons. The van der Waals surface area contributed by atoms with E-state index < -0.39 is 54.5 Å². The third-order valence-electron chi connectivity index (χ3n) is 5.72. The molecule has 4 unspecified atom stereocenters. The molecule has 0 aliphatic carbocycles. The van der Waals surface area contributed by atoms with Crippen molar-refractivity contribution in [3.05, 3.63) is 48.0 Å². The number of aliphatic imine (C=N–C) groups is 1. The Bertz CT molecular complexity index is 1150. The highest BCUT2D eigenvalue weighted by atomic mass is 16.4. The van der Waals surface area contributed by atoms with Crippen molar-refractivity contribution >= 4 is 29.7 Å². The molecule has 4 atom stereocenters. The van der Waals surface area contributed by atoms with Gasteiger partial charge in [0.15, 0.2) is 5.96 Å². The topological polar surface area (TPSA) is 284 Å². The molecule has 0 saturated heterocycles. The standard InChI is InChI=1S/C24H35N9O7/c25-16(8-13-3-5-15(35)6-4-13)20(36)32-18(9-14-10-28-12-30-14)21(37)33-19(11-34)22(38)31-17(23(39)40)2-1-7-29-24(26)27/h3-6,10,12,16-19,34-35H,1-2,7-9,11,25H2,(H,28,30)(H,31,38)(H,32,36)(H,33,37)(H,39,40)(H4,26,27,29). The minimum atomic E-state index is -1.51. The van der Waals surface area contributed by atoms with Gasteiger partial charge in [-0.25, -0.2) is 9.78 Å². The number of aliphatic hydroxyl groups excluding tert-OH is 1. The number of aromatic hydroxyl groups is 1. The molecule has 0 bridgehead atoms. The number of amides is 3. The van der Waals surface area contributed by atoms with Gasteiger partial charge >= 0.3 is 5.97 Å². The van der Waals surface area contributed by atoms with Crippen molar-refractivity contribution < 1.29 is 34.5 Å². The van der Waals surface area contributed by atoms with Crippen molar-refractivity contribution in [2.45, 2.75) is 49.9 Å². The summed E-state index contributed by atoms with van der Waals surface area (Å²) < 4.78 is 0. The summed E-state index contributed by atoms with van der Waals surface area (Å²) in [5.41, 5.74) is 17.7. The molecule has 0 spiro atoms. The first-order chi connectivity index (χ1) is 19.0. The van der Waals surface area contributed by atoms with Crippen LogP contribution in [-0.2, 0) is 32.0 Å². The Kier molecular flexibility index (Phi) is 12.3. The summed E-state index contributed by atoms with van der Waals surface area (Å²) in [6, 6.07) is 0.996. The lowest BCUT2D eigenvalue weighted by Gasteiger charge is -2.24. The highest BCUT2D eigenvalue weighted by molar-refractivity contribution is 5.94. The summed E-state index contributed by atoms with van der Waals surface area (Å²) in [6.07, 6.45) is 3.12. The molecule has 40 heavy (non-hydrogen) atoms. The Morgan fingerprint density at radius 3 is 2.15 bits per heavy atom. The van der Waals surface area contributed by atoms with Crippen molar-refractivity contribution in [1.82, 2.24) is 25.9 Å². The Morgan fingerprint density at radius 1 is 0.950 bits per heavy atom. The lowest BCUT2D eigenvalue weighted by Crippen LogP contribution is -2.58. The average Bonchev–Trinajstić information content (AvgIpc) is 3.42. The van der Waals surface area contributed by atoms with Gasteiger partial charge in [-0.05, 0) is 37.0 Å². The van der Waals surface area contributed by atoms with Crippen molar-refractivity contribution in [3.63, 3.8) is 0 Å². The quantitative estimate of drug-likeness (QED) is 0.0553. The smallest absolute Gasteiger partial charge is 0.326 e. The first kappa shape index (κ1) is 31.5. The minimum Gasteiger partial charge on any atom is -0.508 e. The number of nitrogens with one attached hydrogen (secondary N) is 4. The van der Waals surface area contributed by atoms with E-state index in [1.807, 2.05) is 0 Å². The maximum Gasteiger partial charge on any atom is 0.326 e.